The Bertz CT molecular complexity index is 2370. The Morgan fingerprint density at radius 3 is 2.31 bits per heavy atom. The molecule has 0 spiro atoms. The Morgan fingerprint density at radius 1 is 1.02 bits per heavy atom. The number of aromatic nitrogens is 1. The van der Waals surface area contributed by atoms with Crippen LogP contribution in [0.5, 0.6) is 11.5 Å². The lowest BCUT2D eigenvalue weighted by Gasteiger charge is -2.43. The van der Waals surface area contributed by atoms with E-state index in [9.17, 15) is 23.1 Å². The molecule has 4 aliphatic rings. The van der Waals surface area contributed by atoms with Gasteiger partial charge in [-0.15, -0.1) is 6.58 Å². The molecule has 2 saturated heterocycles. The van der Waals surface area contributed by atoms with Crippen LogP contribution in [0.2, 0.25) is 0 Å². The number of nitrogens with one attached hydrogen (secondary N) is 1. The van der Waals surface area contributed by atoms with Crippen LogP contribution in [0.3, 0.4) is 0 Å². The second-order valence-corrected chi connectivity index (χ2v) is 18.6. The zero-order chi connectivity index (χ0) is 43.2. The highest BCUT2D eigenvalue weighted by Gasteiger charge is 2.64. The molecule has 14 heteroatoms. The van der Waals surface area contributed by atoms with Crippen LogP contribution >= 0.6 is 0 Å². The number of amides is 4. The number of likely N-dealkylation sites (tertiary alicyclic amines) is 2. The van der Waals surface area contributed by atoms with Gasteiger partial charge in [-0.1, -0.05) is 87.5 Å². The summed E-state index contributed by atoms with van der Waals surface area (Å²) in [7, 11) is 1.59. The second kappa shape index (κ2) is 16.7. The van der Waals surface area contributed by atoms with Gasteiger partial charge in [0.05, 0.1) is 36.8 Å². The van der Waals surface area contributed by atoms with Crippen molar-refractivity contribution in [2.75, 3.05) is 20.2 Å². The molecule has 0 bridgehead atoms. The van der Waals surface area contributed by atoms with Gasteiger partial charge in [0.1, 0.15) is 29.2 Å². The fraction of sp³-hybridized carbons (Fsp3) is 0.426. The fourth-order valence-corrected chi connectivity index (χ4v) is 9.63. The van der Waals surface area contributed by atoms with Gasteiger partial charge in [-0.05, 0) is 48.8 Å². The van der Waals surface area contributed by atoms with Gasteiger partial charge in [-0.25, -0.2) is 13.5 Å². The minimum atomic E-state index is -2.59. The molecular weight excluding hydrogens is 795 g/mol. The topological polar surface area (TPSA) is 159 Å². The number of nitrogens with zero attached hydrogens (tertiary/aromatic N) is 4. The van der Waals surface area contributed by atoms with E-state index < -0.39 is 64.1 Å². The molecule has 61 heavy (non-hydrogen) atoms. The van der Waals surface area contributed by atoms with Gasteiger partial charge in [-0.3, -0.25) is 23.7 Å². The highest BCUT2D eigenvalue weighted by molar-refractivity contribution is 7.77. The number of carbonyl (C=O) groups excluding carboxylic acids is 4. The van der Waals surface area contributed by atoms with E-state index in [1.807, 2.05) is 111 Å². The van der Waals surface area contributed by atoms with Crippen molar-refractivity contribution in [3.8, 4) is 22.8 Å². The van der Waals surface area contributed by atoms with E-state index in [1.165, 1.54) is 4.90 Å². The first-order chi connectivity index (χ1) is 29.2. The van der Waals surface area contributed by atoms with Crippen molar-refractivity contribution in [1.82, 2.24) is 24.4 Å². The normalized spacial score (nSPS) is 24.3. The molecule has 3 aromatic carbocycles. The SMILES string of the molecule is C=CC1C[C@]1(NC(=O)[C@@H]1C[C@@H](Oc2cc(-c3ccccc3)nc3cc(OC)ccc23)CN1C(=O)[C@@H](CC(=O)N1CCC1c1ccccc1)C(C)(C)C)C(=O)N(C1CC1)S(=O)O. The molecule has 320 valence electrons. The molecule has 4 fully saturated rings. The van der Waals surface area contributed by atoms with E-state index in [0.717, 1.165) is 21.9 Å². The van der Waals surface area contributed by atoms with Gasteiger partial charge in [0.25, 0.3) is 17.2 Å². The van der Waals surface area contributed by atoms with Gasteiger partial charge in [0.15, 0.2) is 0 Å². The predicted molar refractivity (Wildman–Crippen MR) is 231 cm³/mol. The Kier molecular flexibility index (Phi) is 11.5. The Balaban J connectivity index is 1.12. The zero-order valence-corrected chi connectivity index (χ0v) is 35.8. The number of hydrogen-bond donors (Lipinski definition) is 2. The first-order valence-corrected chi connectivity index (χ1v) is 22.0. The molecule has 13 nitrogen and oxygen atoms in total. The molecule has 1 aromatic heterocycles. The lowest BCUT2D eigenvalue weighted by atomic mass is 9.77. The monoisotopic (exact) mass is 847 g/mol. The molecule has 2 aliphatic heterocycles. The van der Waals surface area contributed by atoms with Crippen LogP contribution in [0, 0.1) is 17.3 Å². The summed E-state index contributed by atoms with van der Waals surface area (Å²) in [5.41, 5.74) is 1.04. The van der Waals surface area contributed by atoms with Crippen molar-refractivity contribution in [2.24, 2.45) is 17.3 Å². The number of ether oxygens (including phenoxy) is 2. The number of carbonyl (C=O) groups is 4. The first-order valence-electron chi connectivity index (χ1n) is 21.0. The Labute approximate surface area is 358 Å². The van der Waals surface area contributed by atoms with Crippen LogP contribution in [0.15, 0.2) is 97.6 Å². The molecule has 3 heterocycles. The summed E-state index contributed by atoms with van der Waals surface area (Å²) < 4.78 is 35.9. The minimum absolute atomic E-state index is 0.0232. The summed E-state index contributed by atoms with van der Waals surface area (Å²) in [6, 6.07) is 25.3. The molecule has 2 aliphatic carbocycles. The summed E-state index contributed by atoms with van der Waals surface area (Å²) >= 11 is -2.59. The molecule has 4 aromatic rings. The number of hydrogen-bond acceptors (Lipinski definition) is 8. The molecule has 2 saturated carbocycles. The number of pyridine rings is 1. The van der Waals surface area contributed by atoms with Gasteiger partial charge in [0.2, 0.25) is 17.7 Å². The zero-order valence-electron chi connectivity index (χ0n) is 35.0. The number of rotatable bonds is 14. The molecule has 3 unspecified atom stereocenters. The van der Waals surface area contributed by atoms with E-state index in [-0.39, 0.29) is 43.7 Å². The van der Waals surface area contributed by atoms with Gasteiger partial charge < -0.3 is 24.6 Å². The average molecular weight is 848 g/mol. The number of benzene rings is 3. The third-order valence-corrected chi connectivity index (χ3v) is 13.5. The maximum Gasteiger partial charge on any atom is 0.264 e. The lowest BCUT2D eigenvalue weighted by Crippen LogP contribution is -2.58. The Hall–Kier alpha value is -5.60. The molecule has 4 amide bonds. The van der Waals surface area contributed by atoms with Crippen LogP contribution in [0.1, 0.15) is 70.9 Å². The van der Waals surface area contributed by atoms with Crippen molar-refractivity contribution >= 4 is 45.8 Å². The molecule has 7 atom stereocenters. The van der Waals surface area contributed by atoms with E-state index in [4.69, 9.17) is 14.5 Å². The van der Waals surface area contributed by atoms with E-state index in [1.54, 1.807) is 13.2 Å². The largest absolute Gasteiger partial charge is 0.497 e. The van der Waals surface area contributed by atoms with Crippen LogP contribution in [0.25, 0.3) is 22.2 Å². The van der Waals surface area contributed by atoms with Crippen LogP contribution in [0.4, 0.5) is 0 Å². The summed E-state index contributed by atoms with van der Waals surface area (Å²) in [5.74, 6) is -1.90. The maximum absolute atomic E-state index is 15.1. The van der Waals surface area contributed by atoms with Crippen LogP contribution in [-0.4, -0.2) is 95.4 Å². The third-order valence-electron chi connectivity index (χ3n) is 12.7. The van der Waals surface area contributed by atoms with Crippen LogP contribution in [-0.2, 0) is 30.4 Å². The van der Waals surface area contributed by atoms with Crippen molar-refractivity contribution in [3.63, 3.8) is 0 Å². The second-order valence-electron chi connectivity index (χ2n) is 17.8. The summed E-state index contributed by atoms with van der Waals surface area (Å²) in [6.45, 7) is 10.2. The molecule has 2 N–H and O–H groups in total. The third kappa shape index (κ3) is 8.39. The van der Waals surface area contributed by atoms with Crippen LogP contribution < -0.4 is 14.8 Å². The van der Waals surface area contributed by atoms with Gasteiger partial charge in [0, 0.05) is 54.4 Å². The average Bonchev–Trinajstić information content (AvgIpc) is 4.15. The van der Waals surface area contributed by atoms with Crippen molar-refractivity contribution in [1.29, 1.82) is 0 Å². The minimum Gasteiger partial charge on any atom is -0.497 e. The predicted octanol–water partition coefficient (Wildman–Crippen LogP) is 6.47. The maximum atomic E-state index is 15.1. The quantitative estimate of drug-likeness (QED) is 0.107. The smallest absolute Gasteiger partial charge is 0.264 e. The van der Waals surface area contributed by atoms with E-state index >= 15 is 4.79 Å². The van der Waals surface area contributed by atoms with Crippen molar-refractivity contribution < 1.29 is 37.4 Å². The van der Waals surface area contributed by atoms with E-state index in [2.05, 4.69) is 11.9 Å². The van der Waals surface area contributed by atoms with Crippen molar-refractivity contribution in [3.05, 3.63) is 103 Å². The first kappa shape index (κ1) is 42.1. The van der Waals surface area contributed by atoms with Gasteiger partial charge >= 0.3 is 0 Å². The fourth-order valence-electron chi connectivity index (χ4n) is 8.86. The number of methoxy groups -OCH3 is 1. The highest BCUT2D eigenvalue weighted by atomic mass is 32.2. The number of fused-ring (bicyclic) bond motifs is 1. The highest BCUT2D eigenvalue weighted by Crippen LogP contribution is 2.48. The van der Waals surface area contributed by atoms with Crippen molar-refractivity contribution in [2.45, 2.75) is 89.1 Å². The molecule has 8 rings (SSSR count). The summed E-state index contributed by atoms with van der Waals surface area (Å²) in [5, 5.41) is 3.66. The summed E-state index contributed by atoms with van der Waals surface area (Å²) in [6.07, 6.45) is 3.11. The molecular formula is C47H53N5O8S. The lowest BCUT2D eigenvalue weighted by molar-refractivity contribution is -0.151. The molecule has 0 radical (unpaired) electrons. The van der Waals surface area contributed by atoms with E-state index in [0.29, 0.717) is 47.5 Å². The summed E-state index contributed by atoms with van der Waals surface area (Å²) in [4.78, 5) is 66.2. The standard InChI is InChI=1S/C47H53N5O8S/c1-6-31-27-47(31,45(56)52(61(57)58)32-17-18-32)49-43(54)40-24-34(60-41-26-37(29-13-9-7-10-14-29)48-38-23-33(59-5)19-20-35(38)41)28-51(40)44(55)36(46(2,3)4)25-42(53)50-22-21-39(50)30-15-11-8-12-16-30/h6-16,19-20,23,26,31-32,34,36,39-40H,1,17-18,21-22,24-25,27-28H2,2-5H3,(H,49,54)(H,57,58)/t31?,34-,36-,39?,40+,47-/m1/s1. The Morgan fingerprint density at radius 2 is 1.72 bits per heavy atom. The van der Waals surface area contributed by atoms with Gasteiger partial charge in [-0.2, -0.15) is 0 Å².